The summed E-state index contributed by atoms with van der Waals surface area (Å²) in [7, 11) is 0. The summed E-state index contributed by atoms with van der Waals surface area (Å²) < 4.78 is 26.8. The zero-order chi connectivity index (χ0) is 12.4. The summed E-state index contributed by atoms with van der Waals surface area (Å²) in [5, 5.41) is 2.52. The van der Waals surface area contributed by atoms with Crippen LogP contribution in [0.4, 0.5) is 20.3 Å². The summed E-state index contributed by atoms with van der Waals surface area (Å²) in [4.78, 5) is 7.12. The molecular formula is C10H5BrClF2N3. The summed E-state index contributed by atoms with van der Waals surface area (Å²) in [6, 6.07) is 4.28. The average Bonchev–Trinajstić information content (AvgIpc) is 2.29. The molecule has 0 aliphatic heterocycles. The largest absolute Gasteiger partial charge is 0.338 e. The van der Waals surface area contributed by atoms with Crippen molar-refractivity contribution in [3.8, 4) is 0 Å². The molecule has 3 nitrogen and oxygen atoms in total. The standard InChI is InChI=1S/C10H5BrClF2N3/c11-6-2-1-5(3-7(6)13)16-9-8(14)4-15-10(12)17-9/h1-4H,(H,15,16,17). The molecule has 1 aromatic carbocycles. The van der Waals surface area contributed by atoms with E-state index < -0.39 is 11.6 Å². The normalized spacial score (nSPS) is 10.4. The number of aromatic nitrogens is 2. The van der Waals surface area contributed by atoms with Crippen molar-refractivity contribution < 1.29 is 8.78 Å². The number of hydrogen-bond donors (Lipinski definition) is 1. The van der Waals surface area contributed by atoms with E-state index in [1.54, 1.807) is 6.07 Å². The summed E-state index contributed by atoms with van der Waals surface area (Å²) in [6.45, 7) is 0. The molecule has 0 spiro atoms. The summed E-state index contributed by atoms with van der Waals surface area (Å²) >= 11 is 8.55. The minimum absolute atomic E-state index is 0.0912. The number of halogens is 4. The quantitative estimate of drug-likeness (QED) is 0.852. The second kappa shape index (κ2) is 4.93. The maximum atomic E-state index is 13.3. The Hall–Kier alpha value is -1.27. The van der Waals surface area contributed by atoms with E-state index in [1.165, 1.54) is 12.1 Å². The molecule has 0 bridgehead atoms. The van der Waals surface area contributed by atoms with E-state index in [4.69, 9.17) is 11.6 Å². The molecule has 0 atom stereocenters. The van der Waals surface area contributed by atoms with E-state index in [2.05, 4.69) is 31.2 Å². The van der Waals surface area contributed by atoms with Gasteiger partial charge in [0.15, 0.2) is 11.6 Å². The van der Waals surface area contributed by atoms with Crippen LogP contribution in [-0.4, -0.2) is 9.97 Å². The van der Waals surface area contributed by atoms with E-state index in [-0.39, 0.29) is 11.1 Å². The van der Waals surface area contributed by atoms with Crippen molar-refractivity contribution in [3.63, 3.8) is 0 Å². The van der Waals surface area contributed by atoms with E-state index in [0.717, 1.165) is 6.20 Å². The average molecular weight is 321 g/mol. The van der Waals surface area contributed by atoms with Crippen LogP contribution in [0.3, 0.4) is 0 Å². The molecule has 2 aromatic rings. The number of hydrogen-bond acceptors (Lipinski definition) is 3. The van der Waals surface area contributed by atoms with Gasteiger partial charge in [-0.1, -0.05) is 0 Å². The second-order valence-corrected chi connectivity index (χ2v) is 4.28. The zero-order valence-corrected chi connectivity index (χ0v) is 10.6. The maximum absolute atomic E-state index is 13.3. The van der Waals surface area contributed by atoms with Gasteiger partial charge in [-0.15, -0.1) is 0 Å². The van der Waals surface area contributed by atoms with Gasteiger partial charge >= 0.3 is 0 Å². The Morgan fingerprint density at radius 1 is 1.24 bits per heavy atom. The van der Waals surface area contributed by atoms with Crippen LogP contribution in [0.2, 0.25) is 5.28 Å². The molecular weight excluding hydrogens is 315 g/mol. The molecule has 1 aromatic heterocycles. The number of nitrogens with zero attached hydrogens (tertiary/aromatic N) is 2. The van der Waals surface area contributed by atoms with Gasteiger partial charge in [0.25, 0.3) is 0 Å². The van der Waals surface area contributed by atoms with Crippen LogP contribution < -0.4 is 5.32 Å². The molecule has 17 heavy (non-hydrogen) atoms. The van der Waals surface area contributed by atoms with Crippen molar-refractivity contribution in [2.24, 2.45) is 0 Å². The van der Waals surface area contributed by atoms with Crippen LogP contribution in [0, 0.1) is 11.6 Å². The highest BCUT2D eigenvalue weighted by atomic mass is 79.9. The minimum Gasteiger partial charge on any atom is -0.338 e. The van der Waals surface area contributed by atoms with Crippen molar-refractivity contribution in [1.29, 1.82) is 0 Å². The Kier molecular flexibility index (Phi) is 3.54. The first-order valence-corrected chi connectivity index (χ1v) is 5.63. The van der Waals surface area contributed by atoms with Crippen LogP contribution in [0.1, 0.15) is 0 Å². The van der Waals surface area contributed by atoms with Crippen molar-refractivity contribution in [3.05, 3.63) is 45.8 Å². The zero-order valence-electron chi connectivity index (χ0n) is 8.22. The van der Waals surface area contributed by atoms with Gasteiger partial charge in [-0.2, -0.15) is 4.98 Å². The first kappa shape index (κ1) is 12.2. The van der Waals surface area contributed by atoms with E-state index >= 15 is 0 Å². The molecule has 0 fully saturated rings. The number of anilines is 2. The van der Waals surface area contributed by atoms with Gasteiger partial charge in [-0.25, -0.2) is 13.8 Å². The molecule has 0 aliphatic carbocycles. The topological polar surface area (TPSA) is 37.8 Å². The Bertz CT molecular complexity index is 565. The highest BCUT2D eigenvalue weighted by Crippen LogP contribution is 2.23. The molecule has 0 unspecified atom stereocenters. The second-order valence-electron chi connectivity index (χ2n) is 3.09. The van der Waals surface area contributed by atoms with Crippen LogP contribution in [0.15, 0.2) is 28.9 Å². The predicted molar refractivity (Wildman–Crippen MR) is 64.4 cm³/mol. The van der Waals surface area contributed by atoms with Crippen LogP contribution >= 0.6 is 27.5 Å². The van der Waals surface area contributed by atoms with Gasteiger partial charge in [-0.05, 0) is 45.7 Å². The minimum atomic E-state index is -0.669. The van der Waals surface area contributed by atoms with Crippen molar-refractivity contribution in [2.75, 3.05) is 5.32 Å². The van der Waals surface area contributed by atoms with Gasteiger partial charge < -0.3 is 5.32 Å². The molecule has 0 saturated carbocycles. The van der Waals surface area contributed by atoms with E-state index in [0.29, 0.717) is 10.2 Å². The third-order valence-corrected chi connectivity index (χ3v) is 2.72. The van der Waals surface area contributed by atoms with Crippen LogP contribution in [-0.2, 0) is 0 Å². The van der Waals surface area contributed by atoms with Crippen molar-refractivity contribution in [2.45, 2.75) is 0 Å². The van der Waals surface area contributed by atoms with Crippen molar-refractivity contribution in [1.82, 2.24) is 9.97 Å². The lowest BCUT2D eigenvalue weighted by Gasteiger charge is -2.06. The van der Waals surface area contributed by atoms with Gasteiger partial charge in [0.05, 0.1) is 10.7 Å². The SMILES string of the molecule is Fc1cc(Nc2nc(Cl)ncc2F)ccc1Br. The third-order valence-electron chi connectivity index (χ3n) is 1.90. The summed E-state index contributed by atoms with van der Waals surface area (Å²) in [5.41, 5.74) is 0.361. The molecule has 7 heteroatoms. The van der Waals surface area contributed by atoms with Crippen LogP contribution in [0.25, 0.3) is 0 Å². The summed E-state index contributed by atoms with van der Waals surface area (Å²) in [6.07, 6.45) is 0.937. The fourth-order valence-corrected chi connectivity index (χ4v) is 1.52. The van der Waals surface area contributed by atoms with Gasteiger partial charge in [0, 0.05) is 5.69 Å². The maximum Gasteiger partial charge on any atom is 0.224 e. The van der Waals surface area contributed by atoms with E-state index in [9.17, 15) is 8.78 Å². The lowest BCUT2D eigenvalue weighted by atomic mass is 10.3. The monoisotopic (exact) mass is 319 g/mol. The molecule has 2 rings (SSSR count). The lowest BCUT2D eigenvalue weighted by molar-refractivity contribution is 0.617. The lowest BCUT2D eigenvalue weighted by Crippen LogP contribution is -1.99. The number of rotatable bonds is 2. The fourth-order valence-electron chi connectivity index (χ4n) is 1.14. The molecule has 0 radical (unpaired) electrons. The van der Waals surface area contributed by atoms with Gasteiger partial charge in [0.2, 0.25) is 5.28 Å². The Morgan fingerprint density at radius 3 is 2.71 bits per heavy atom. The van der Waals surface area contributed by atoms with Crippen LogP contribution in [0.5, 0.6) is 0 Å². The molecule has 1 N–H and O–H groups in total. The smallest absolute Gasteiger partial charge is 0.224 e. The van der Waals surface area contributed by atoms with E-state index in [1.807, 2.05) is 0 Å². The molecule has 0 amide bonds. The number of benzene rings is 1. The fraction of sp³-hybridized carbons (Fsp3) is 0. The first-order valence-electron chi connectivity index (χ1n) is 4.46. The van der Waals surface area contributed by atoms with Crippen molar-refractivity contribution >= 4 is 39.0 Å². The van der Waals surface area contributed by atoms with Gasteiger partial charge in [-0.3, -0.25) is 0 Å². The Balaban J connectivity index is 2.31. The third kappa shape index (κ3) is 2.89. The number of nitrogens with one attached hydrogen (secondary N) is 1. The predicted octanol–water partition coefficient (Wildman–Crippen LogP) is 3.91. The first-order chi connectivity index (χ1) is 8.06. The Labute approximate surface area is 109 Å². The van der Waals surface area contributed by atoms with Gasteiger partial charge in [0.1, 0.15) is 5.82 Å². The summed E-state index contributed by atoms with van der Waals surface area (Å²) in [5.74, 6) is -1.24. The molecule has 1 heterocycles. The Morgan fingerprint density at radius 2 is 2.00 bits per heavy atom. The molecule has 88 valence electrons. The molecule has 0 saturated heterocycles. The highest BCUT2D eigenvalue weighted by Gasteiger charge is 2.07. The highest BCUT2D eigenvalue weighted by molar-refractivity contribution is 9.10. The molecule has 0 aliphatic rings.